The van der Waals surface area contributed by atoms with Crippen molar-refractivity contribution in [3.8, 4) is 6.07 Å². The van der Waals surface area contributed by atoms with Crippen molar-refractivity contribution < 1.29 is 9.59 Å². The van der Waals surface area contributed by atoms with Crippen molar-refractivity contribution >= 4 is 11.8 Å². The van der Waals surface area contributed by atoms with E-state index in [1.165, 1.54) is 0 Å². The van der Waals surface area contributed by atoms with Crippen LogP contribution in [0.4, 0.5) is 0 Å². The standard InChI is InChI=1S/C21H25N5O2/c22-11-17-7-13-10-18(13)26(17)21(28)19(23)14-8-15-1-2-16(9-14)25(15)20(27)12-3-5-24-6-4-12/h3-6,13-19H,1-2,7-10,23H2. The second-order valence-electron chi connectivity index (χ2n) is 8.78. The van der Waals surface area contributed by atoms with Gasteiger partial charge < -0.3 is 15.5 Å². The summed E-state index contributed by atoms with van der Waals surface area (Å²) in [5, 5.41) is 9.38. The molecule has 1 saturated carbocycles. The minimum absolute atomic E-state index is 0.0538. The van der Waals surface area contributed by atoms with Gasteiger partial charge in [0.05, 0.1) is 12.1 Å². The Morgan fingerprint density at radius 1 is 1.11 bits per heavy atom. The van der Waals surface area contributed by atoms with E-state index < -0.39 is 6.04 Å². The molecule has 7 nitrogen and oxygen atoms in total. The van der Waals surface area contributed by atoms with Crippen LogP contribution in [-0.2, 0) is 4.79 Å². The highest BCUT2D eigenvalue weighted by Gasteiger charge is 2.56. The lowest BCUT2D eigenvalue weighted by atomic mass is 9.84. The molecule has 28 heavy (non-hydrogen) atoms. The highest BCUT2D eigenvalue weighted by Crippen LogP contribution is 2.48. The molecule has 2 amide bonds. The zero-order valence-electron chi connectivity index (χ0n) is 15.8. The van der Waals surface area contributed by atoms with Gasteiger partial charge in [0.2, 0.25) is 5.91 Å². The van der Waals surface area contributed by atoms with Gasteiger partial charge >= 0.3 is 0 Å². The quantitative estimate of drug-likeness (QED) is 0.853. The molecule has 3 aliphatic heterocycles. The molecule has 3 saturated heterocycles. The molecule has 4 aliphatic rings. The molecule has 4 heterocycles. The van der Waals surface area contributed by atoms with Crippen LogP contribution in [0, 0.1) is 23.2 Å². The second-order valence-corrected chi connectivity index (χ2v) is 8.78. The monoisotopic (exact) mass is 379 g/mol. The number of aromatic nitrogens is 1. The zero-order chi connectivity index (χ0) is 19.4. The molecule has 1 aromatic rings. The first-order valence-electron chi connectivity index (χ1n) is 10.3. The second kappa shape index (κ2) is 6.56. The van der Waals surface area contributed by atoms with Crippen LogP contribution in [0.1, 0.15) is 48.9 Å². The van der Waals surface area contributed by atoms with E-state index in [2.05, 4.69) is 11.1 Å². The van der Waals surface area contributed by atoms with Gasteiger partial charge in [0, 0.05) is 36.1 Å². The summed E-state index contributed by atoms with van der Waals surface area (Å²) in [5.74, 6) is 0.563. The SMILES string of the molecule is N#CC1CC2CC2N1C(=O)C(N)C1CC2CCC(C1)N2C(=O)c1ccncc1. The third-order valence-corrected chi connectivity index (χ3v) is 7.23. The van der Waals surface area contributed by atoms with Gasteiger partial charge in [-0.05, 0) is 62.5 Å². The summed E-state index contributed by atoms with van der Waals surface area (Å²) in [5.41, 5.74) is 7.11. The van der Waals surface area contributed by atoms with Gasteiger partial charge in [-0.25, -0.2) is 0 Å². The number of carbonyl (C=O) groups is 2. The van der Waals surface area contributed by atoms with Crippen LogP contribution in [0.2, 0.25) is 0 Å². The van der Waals surface area contributed by atoms with E-state index in [-0.39, 0.29) is 41.9 Å². The van der Waals surface area contributed by atoms with Crippen molar-refractivity contribution in [2.45, 2.75) is 68.7 Å². The average Bonchev–Trinajstić information content (AvgIpc) is 3.32. The third kappa shape index (κ3) is 2.70. The summed E-state index contributed by atoms with van der Waals surface area (Å²) >= 11 is 0. The molecular weight excluding hydrogens is 354 g/mol. The van der Waals surface area contributed by atoms with E-state index in [1.54, 1.807) is 29.4 Å². The van der Waals surface area contributed by atoms with Gasteiger partial charge in [0.15, 0.2) is 0 Å². The number of amides is 2. The molecule has 146 valence electrons. The van der Waals surface area contributed by atoms with E-state index in [1.807, 2.05) is 4.90 Å². The third-order valence-electron chi connectivity index (χ3n) is 7.23. The Hall–Kier alpha value is -2.46. The van der Waals surface area contributed by atoms with Crippen molar-refractivity contribution in [3.05, 3.63) is 30.1 Å². The number of hydrogen-bond acceptors (Lipinski definition) is 5. The molecule has 2 N–H and O–H groups in total. The van der Waals surface area contributed by atoms with E-state index in [0.29, 0.717) is 11.5 Å². The van der Waals surface area contributed by atoms with Gasteiger partial charge in [-0.3, -0.25) is 14.6 Å². The summed E-state index contributed by atoms with van der Waals surface area (Å²) in [6.07, 6.45) is 8.55. The lowest BCUT2D eigenvalue weighted by molar-refractivity contribution is -0.135. The zero-order valence-corrected chi connectivity index (χ0v) is 15.8. The van der Waals surface area contributed by atoms with E-state index in [0.717, 1.165) is 38.5 Å². The number of hydrogen-bond donors (Lipinski definition) is 1. The predicted molar refractivity (Wildman–Crippen MR) is 101 cm³/mol. The number of fused-ring (bicyclic) bond motifs is 3. The van der Waals surface area contributed by atoms with Crippen LogP contribution < -0.4 is 5.73 Å². The molecule has 6 unspecified atom stereocenters. The highest BCUT2D eigenvalue weighted by atomic mass is 16.2. The summed E-state index contributed by atoms with van der Waals surface area (Å²) < 4.78 is 0. The van der Waals surface area contributed by atoms with Crippen molar-refractivity contribution in [3.63, 3.8) is 0 Å². The minimum Gasteiger partial charge on any atom is -0.333 e. The summed E-state index contributed by atoms with van der Waals surface area (Å²) in [6, 6.07) is 5.41. The minimum atomic E-state index is -0.573. The van der Waals surface area contributed by atoms with E-state index >= 15 is 0 Å². The van der Waals surface area contributed by atoms with E-state index in [4.69, 9.17) is 5.73 Å². The van der Waals surface area contributed by atoms with Gasteiger partial charge in [0.1, 0.15) is 6.04 Å². The summed E-state index contributed by atoms with van der Waals surface area (Å²) in [4.78, 5) is 33.8. The Bertz CT molecular complexity index is 823. The topological polar surface area (TPSA) is 103 Å². The largest absolute Gasteiger partial charge is 0.333 e. The molecule has 0 radical (unpaired) electrons. The van der Waals surface area contributed by atoms with Crippen molar-refractivity contribution in [2.24, 2.45) is 17.6 Å². The summed E-state index contributed by atoms with van der Waals surface area (Å²) in [7, 11) is 0. The number of carbonyl (C=O) groups excluding carboxylic acids is 2. The van der Waals surface area contributed by atoms with Gasteiger partial charge in [-0.15, -0.1) is 0 Å². The Balaban J connectivity index is 1.29. The first kappa shape index (κ1) is 17.6. The molecule has 5 rings (SSSR count). The Morgan fingerprint density at radius 2 is 1.79 bits per heavy atom. The summed E-state index contributed by atoms with van der Waals surface area (Å²) in [6.45, 7) is 0. The van der Waals surface area contributed by atoms with E-state index in [9.17, 15) is 14.9 Å². The van der Waals surface area contributed by atoms with Crippen molar-refractivity contribution in [2.75, 3.05) is 0 Å². The smallest absolute Gasteiger partial charge is 0.254 e. The Labute approximate surface area is 164 Å². The molecule has 4 fully saturated rings. The maximum Gasteiger partial charge on any atom is 0.254 e. The molecule has 1 aromatic heterocycles. The fourth-order valence-corrected chi connectivity index (χ4v) is 5.75. The van der Waals surface area contributed by atoms with Crippen LogP contribution >= 0.6 is 0 Å². The van der Waals surface area contributed by atoms with Crippen molar-refractivity contribution in [1.29, 1.82) is 5.26 Å². The first-order valence-corrected chi connectivity index (χ1v) is 10.3. The van der Waals surface area contributed by atoms with Gasteiger partial charge in [-0.2, -0.15) is 5.26 Å². The van der Waals surface area contributed by atoms with Crippen LogP contribution in [0.25, 0.3) is 0 Å². The lowest BCUT2D eigenvalue weighted by Crippen LogP contribution is -2.55. The molecule has 7 heteroatoms. The average molecular weight is 379 g/mol. The van der Waals surface area contributed by atoms with Gasteiger partial charge in [0.25, 0.3) is 5.91 Å². The van der Waals surface area contributed by atoms with Crippen LogP contribution in [-0.4, -0.2) is 56.8 Å². The lowest BCUT2D eigenvalue weighted by Gasteiger charge is -2.41. The number of likely N-dealkylation sites (tertiary alicyclic amines) is 1. The highest BCUT2D eigenvalue weighted by molar-refractivity contribution is 5.94. The fourth-order valence-electron chi connectivity index (χ4n) is 5.75. The van der Waals surface area contributed by atoms with Crippen LogP contribution in [0.5, 0.6) is 0 Å². The van der Waals surface area contributed by atoms with Crippen molar-refractivity contribution in [1.82, 2.24) is 14.8 Å². The maximum atomic E-state index is 13.1. The Kier molecular flexibility index (Phi) is 4.13. The number of pyridine rings is 1. The predicted octanol–water partition coefficient (Wildman–Crippen LogP) is 1.31. The van der Waals surface area contributed by atoms with Crippen LogP contribution in [0.15, 0.2) is 24.5 Å². The van der Waals surface area contributed by atoms with Gasteiger partial charge in [-0.1, -0.05) is 0 Å². The maximum absolute atomic E-state index is 13.1. The fraction of sp³-hybridized carbons (Fsp3) is 0.619. The molecule has 0 aromatic carbocycles. The number of nitriles is 1. The molecule has 2 bridgehead atoms. The molecule has 6 atom stereocenters. The Morgan fingerprint density at radius 3 is 2.43 bits per heavy atom. The molecule has 0 spiro atoms. The van der Waals surface area contributed by atoms with Crippen LogP contribution in [0.3, 0.4) is 0 Å². The number of nitrogens with two attached hydrogens (primary N) is 1. The number of nitrogens with zero attached hydrogens (tertiary/aromatic N) is 4. The number of rotatable bonds is 3. The first-order chi connectivity index (χ1) is 13.6. The number of piperidine rings is 2. The molecular formula is C21H25N5O2. The molecule has 1 aliphatic carbocycles. The normalized spacial score (nSPS) is 36.6.